The summed E-state index contributed by atoms with van der Waals surface area (Å²) in [6.45, 7) is 2.36. The Bertz CT molecular complexity index is 837. The molecule has 0 saturated carbocycles. The minimum atomic E-state index is -5.08. The number of nitrogens with zero attached hydrogens (tertiary/aromatic N) is 3. The summed E-state index contributed by atoms with van der Waals surface area (Å²) in [5, 5.41) is 25.4. The molecule has 0 unspecified atom stereocenters. The number of hydrogen-bond donors (Lipinski definition) is 4. The fourth-order valence-electron chi connectivity index (χ4n) is 3.08. The lowest BCUT2D eigenvalue weighted by Gasteiger charge is -2.31. The standard InChI is InChI=1S/C17H23N5O2.C2HF3O2/c23-12-16-19-15(20-21-16)10-18-17(24)11-22-8-6-14(7-9-22)13-4-2-1-3-5-13;3-2(4,5)1(6)7/h1-5,14,23H,6-12H2,(H,18,24)(H,19,20,21);(H,6,7). The number of carboxylic acid groups (broad SMARTS) is 1. The van der Waals surface area contributed by atoms with Crippen molar-refractivity contribution in [2.45, 2.75) is 38.1 Å². The molecule has 1 amide bonds. The second-order valence-electron chi connectivity index (χ2n) is 6.90. The number of aliphatic carboxylic acids is 1. The number of aromatic nitrogens is 3. The number of rotatable bonds is 6. The average Bonchev–Trinajstić information content (AvgIpc) is 3.21. The van der Waals surface area contributed by atoms with Crippen LogP contribution in [0.1, 0.15) is 36.0 Å². The minimum Gasteiger partial charge on any atom is -0.475 e. The zero-order valence-electron chi connectivity index (χ0n) is 16.6. The lowest BCUT2D eigenvalue weighted by atomic mass is 9.89. The van der Waals surface area contributed by atoms with Crippen molar-refractivity contribution in [3.05, 3.63) is 47.5 Å². The Morgan fingerprint density at radius 2 is 1.81 bits per heavy atom. The molecule has 4 N–H and O–H groups in total. The van der Waals surface area contributed by atoms with Gasteiger partial charge in [0, 0.05) is 0 Å². The van der Waals surface area contributed by atoms with E-state index in [1.165, 1.54) is 5.56 Å². The number of carbonyl (C=O) groups is 2. The number of aliphatic hydroxyl groups excluding tert-OH is 1. The summed E-state index contributed by atoms with van der Waals surface area (Å²) in [6, 6.07) is 10.6. The molecule has 1 aliphatic rings. The summed E-state index contributed by atoms with van der Waals surface area (Å²) in [5.41, 5.74) is 1.40. The van der Waals surface area contributed by atoms with Gasteiger partial charge in [-0.05, 0) is 37.4 Å². The quantitative estimate of drug-likeness (QED) is 0.531. The van der Waals surface area contributed by atoms with E-state index in [0.29, 0.717) is 30.7 Å². The summed E-state index contributed by atoms with van der Waals surface area (Å²) >= 11 is 0. The molecule has 1 aliphatic heterocycles. The third kappa shape index (κ3) is 8.34. The predicted octanol–water partition coefficient (Wildman–Crippen LogP) is 1.43. The number of aliphatic hydroxyl groups is 1. The van der Waals surface area contributed by atoms with E-state index in [2.05, 4.69) is 49.7 Å². The first kappa shape index (κ1) is 24.3. The molecule has 0 aliphatic carbocycles. The van der Waals surface area contributed by atoms with Crippen molar-refractivity contribution >= 4 is 11.9 Å². The number of H-pyrrole nitrogens is 1. The molecule has 2 heterocycles. The van der Waals surface area contributed by atoms with Crippen LogP contribution in [0.3, 0.4) is 0 Å². The van der Waals surface area contributed by atoms with Crippen LogP contribution in [0.15, 0.2) is 30.3 Å². The third-order valence-electron chi connectivity index (χ3n) is 4.64. The Morgan fingerprint density at radius 1 is 1.19 bits per heavy atom. The largest absolute Gasteiger partial charge is 0.490 e. The maximum Gasteiger partial charge on any atom is 0.490 e. The summed E-state index contributed by atoms with van der Waals surface area (Å²) < 4.78 is 31.7. The summed E-state index contributed by atoms with van der Waals surface area (Å²) in [4.78, 5) is 27.2. The Hall–Kier alpha value is -2.99. The van der Waals surface area contributed by atoms with E-state index in [1.807, 2.05) is 6.07 Å². The van der Waals surface area contributed by atoms with Crippen LogP contribution in [0.2, 0.25) is 0 Å². The monoisotopic (exact) mass is 443 g/mol. The number of amides is 1. The first-order valence-corrected chi connectivity index (χ1v) is 9.54. The number of likely N-dealkylation sites (tertiary alicyclic amines) is 1. The highest BCUT2D eigenvalue weighted by molar-refractivity contribution is 5.77. The SMILES string of the molecule is O=C(CN1CCC(c2ccccc2)CC1)NCc1nc(CO)n[nH]1.O=C(O)C(F)(F)F. The van der Waals surface area contributed by atoms with Crippen LogP contribution in [-0.4, -0.2) is 68.0 Å². The Labute approximate surface area is 176 Å². The number of carboxylic acids is 1. The van der Waals surface area contributed by atoms with Gasteiger partial charge in [0.05, 0.1) is 13.1 Å². The number of hydrogen-bond acceptors (Lipinski definition) is 6. The smallest absolute Gasteiger partial charge is 0.475 e. The molecule has 12 heteroatoms. The second-order valence-corrected chi connectivity index (χ2v) is 6.90. The van der Waals surface area contributed by atoms with Gasteiger partial charge in [-0.15, -0.1) is 0 Å². The van der Waals surface area contributed by atoms with Gasteiger partial charge < -0.3 is 15.5 Å². The number of piperidine rings is 1. The van der Waals surface area contributed by atoms with Crippen LogP contribution in [0.5, 0.6) is 0 Å². The van der Waals surface area contributed by atoms with E-state index >= 15 is 0 Å². The molecule has 0 atom stereocenters. The fourth-order valence-corrected chi connectivity index (χ4v) is 3.08. The summed E-state index contributed by atoms with van der Waals surface area (Å²) in [7, 11) is 0. The fraction of sp³-hybridized carbons (Fsp3) is 0.474. The van der Waals surface area contributed by atoms with E-state index in [9.17, 15) is 18.0 Å². The zero-order chi connectivity index (χ0) is 22.9. The van der Waals surface area contributed by atoms with Gasteiger partial charge in [0.1, 0.15) is 12.4 Å². The first-order chi connectivity index (χ1) is 14.7. The number of aromatic amines is 1. The zero-order valence-corrected chi connectivity index (χ0v) is 16.6. The number of nitrogens with one attached hydrogen (secondary N) is 2. The number of benzene rings is 1. The van der Waals surface area contributed by atoms with E-state index in [1.54, 1.807) is 0 Å². The molecule has 2 aromatic rings. The highest BCUT2D eigenvalue weighted by atomic mass is 19.4. The predicted molar refractivity (Wildman–Crippen MR) is 103 cm³/mol. The van der Waals surface area contributed by atoms with E-state index in [4.69, 9.17) is 15.0 Å². The maximum absolute atomic E-state index is 12.0. The number of alkyl halides is 3. The van der Waals surface area contributed by atoms with Crippen molar-refractivity contribution in [2.24, 2.45) is 0 Å². The molecule has 0 radical (unpaired) electrons. The van der Waals surface area contributed by atoms with Gasteiger partial charge in [-0.25, -0.2) is 9.78 Å². The van der Waals surface area contributed by atoms with Crippen LogP contribution in [0, 0.1) is 0 Å². The lowest BCUT2D eigenvalue weighted by Crippen LogP contribution is -2.41. The van der Waals surface area contributed by atoms with Crippen molar-refractivity contribution < 1.29 is 33.0 Å². The lowest BCUT2D eigenvalue weighted by molar-refractivity contribution is -0.192. The summed E-state index contributed by atoms with van der Waals surface area (Å²) in [5.74, 6) is -1.29. The van der Waals surface area contributed by atoms with Crippen LogP contribution in [-0.2, 0) is 22.7 Å². The third-order valence-corrected chi connectivity index (χ3v) is 4.64. The van der Waals surface area contributed by atoms with Crippen LogP contribution < -0.4 is 5.32 Å². The Morgan fingerprint density at radius 3 is 2.32 bits per heavy atom. The van der Waals surface area contributed by atoms with Crippen LogP contribution in [0.25, 0.3) is 0 Å². The van der Waals surface area contributed by atoms with E-state index in [-0.39, 0.29) is 12.5 Å². The van der Waals surface area contributed by atoms with E-state index < -0.39 is 12.1 Å². The van der Waals surface area contributed by atoms with Crippen LogP contribution in [0.4, 0.5) is 13.2 Å². The molecule has 0 spiro atoms. The molecular formula is C19H24F3N5O4. The van der Waals surface area contributed by atoms with Crippen molar-refractivity contribution in [2.75, 3.05) is 19.6 Å². The molecule has 31 heavy (non-hydrogen) atoms. The molecule has 170 valence electrons. The highest BCUT2D eigenvalue weighted by Crippen LogP contribution is 2.27. The average molecular weight is 443 g/mol. The summed E-state index contributed by atoms with van der Waals surface area (Å²) in [6.07, 6.45) is -2.92. The van der Waals surface area contributed by atoms with Gasteiger partial charge in [0.15, 0.2) is 5.82 Å². The Kier molecular flexibility index (Phi) is 8.94. The van der Waals surface area contributed by atoms with Gasteiger partial charge in [0.25, 0.3) is 0 Å². The van der Waals surface area contributed by atoms with Crippen molar-refractivity contribution in [1.29, 1.82) is 0 Å². The molecule has 1 aromatic carbocycles. The van der Waals surface area contributed by atoms with Gasteiger partial charge in [-0.1, -0.05) is 30.3 Å². The second kappa shape index (κ2) is 11.4. The molecule has 9 nitrogen and oxygen atoms in total. The number of carbonyl (C=O) groups excluding carboxylic acids is 1. The van der Waals surface area contributed by atoms with Crippen molar-refractivity contribution in [1.82, 2.24) is 25.4 Å². The maximum atomic E-state index is 12.0. The molecule has 1 saturated heterocycles. The Balaban J connectivity index is 0.000000423. The number of halogens is 3. The van der Waals surface area contributed by atoms with Crippen molar-refractivity contribution in [3.63, 3.8) is 0 Å². The molecule has 1 aromatic heterocycles. The van der Waals surface area contributed by atoms with Crippen molar-refractivity contribution in [3.8, 4) is 0 Å². The van der Waals surface area contributed by atoms with E-state index in [0.717, 1.165) is 25.9 Å². The molecular weight excluding hydrogens is 419 g/mol. The molecule has 1 fully saturated rings. The molecule has 0 bridgehead atoms. The highest BCUT2D eigenvalue weighted by Gasteiger charge is 2.38. The normalized spacial score (nSPS) is 15.1. The van der Waals surface area contributed by atoms with Gasteiger partial charge in [-0.2, -0.15) is 18.3 Å². The van der Waals surface area contributed by atoms with Gasteiger partial charge >= 0.3 is 12.1 Å². The van der Waals surface area contributed by atoms with Gasteiger partial charge in [0.2, 0.25) is 5.91 Å². The molecule has 3 rings (SSSR count). The van der Waals surface area contributed by atoms with Crippen LogP contribution >= 0.6 is 0 Å². The van der Waals surface area contributed by atoms with Gasteiger partial charge in [-0.3, -0.25) is 14.8 Å². The minimum absolute atomic E-state index is 0.0184. The first-order valence-electron chi connectivity index (χ1n) is 9.54. The topological polar surface area (TPSA) is 131 Å².